The maximum Gasteiger partial charge on any atom is 0.00697 e. The molecule has 2 unspecified atom stereocenters. The first-order valence-corrected chi connectivity index (χ1v) is 11.4. The highest BCUT2D eigenvalue weighted by molar-refractivity contribution is 4.93. The minimum atomic E-state index is 0.530. The second-order valence-corrected chi connectivity index (χ2v) is 9.87. The molecule has 0 heterocycles. The largest absolute Gasteiger partial charge is 0.312 e. The van der Waals surface area contributed by atoms with Gasteiger partial charge in [0.2, 0.25) is 0 Å². The first-order valence-electron chi connectivity index (χ1n) is 11.4. The first-order chi connectivity index (χ1) is 11.9. The third-order valence-corrected chi connectivity index (χ3v) is 7.82. The summed E-state index contributed by atoms with van der Waals surface area (Å²) >= 11 is 0. The van der Waals surface area contributed by atoms with Gasteiger partial charge < -0.3 is 10.6 Å². The van der Waals surface area contributed by atoms with Crippen LogP contribution in [0.2, 0.25) is 0 Å². The molecule has 148 valence electrons. The minimum absolute atomic E-state index is 0.530. The summed E-state index contributed by atoms with van der Waals surface area (Å²) in [4.78, 5) is 0. The topological polar surface area (TPSA) is 24.1 Å². The Balaban J connectivity index is 1.78. The van der Waals surface area contributed by atoms with Gasteiger partial charge >= 0.3 is 0 Å². The molecule has 0 aliphatic heterocycles. The number of nitrogens with one attached hydrogen (secondary N) is 2. The summed E-state index contributed by atoms with van der Waals surface area (Å²) in [6.07, 6.45) is 13.8. The van der Waals surface area contributed by atoms with Crippen LogP contribution in [0.1, 0.15) is 106 Å². The zero-order valence-electron chi connectivity index (χ0n) is 18.0. The van der Waals surface area contributed by atoms with Crippen LogP contribution in [0.4, 0.5) is 0 Å². The fourth-order valence-corrected chi connectivity index (χ4v) is 5.38. The summed E-state index contributed by atoms with van der Waals surface area (Å²) in [6.45, 7) is 14.4. The van der Waals surface area contributed by atoms with Crippen molar-refractivity contribution in [2.45, 2.75) is 130 Å². The molecule has 2 N–H and O–H groups in total. The van der Waals surface area contributed by atoms with Crippen LogP contribution in [0.15, 0.2) is 0 Å². The van der Waals surface area contributed by atoms with Crippen LogP contribution in [0.3, 0.4) is 0 Å². The molecule has 2 atom stereocenters. The Morgan fingerprint density at radius 2 is 1.00 bits per heavy atom. The van der Waals surface area contributed by atoms with E-state index in [9.17, 15) is 0 Å². The molecule has 2 nitrogen and oxygen atoms in total. The smallest absolute Gasteiger partial charge is 0.00697 e. The van der Waals surface area contributed by atoms with Crippen LogP contribution < -0.4 is 10.6 Å². The molecule has 0 spiro atoms. The molecule has 2 saturated carbocycles. The molecule has 2 fully saturated rings. The van der Waals surface area contributed by atoms with Gasteiger partial charge in [-0.1, -0.05) is 27.7 Å². The monoisotopic (exact) mass is 350 g/mol. The van der Waals surface area contributed by atoms with Crippen LogP contribution in [0.5, 0.6) is 0 Å². The molecule has 0 radical (unpaired) electrons. The lowest BCUT2D eigenvalue weighted by atomic mass is 9.60. The normalized spacial score (nSPS) is 33.8. The molecule has 0 saturated heterocycles. The van der Waals surface area contributed by atoms with E-state index < -0.39 is 0 Å². The maximum atomic E-state index is 3.84. The molecule has 25 heavy (non-hydrogen) atoms. The SMILES string of the molecule is CCC(C)NC1CCC(C(C)(C)C2CCC(NC(C)CC)CC2)CC1. The molecular weight excluding hydrogens is 304 g/mol. The Morgan fingerprint density at radius 3 is 1.28 bits per heavy atom. The van der Waals surface area contributed by atoms with Gasteiger partial charge in [-0.25, -0.2) is 0 Å². The maximum absolute atomic E-state index is 3.84. The highest BCUT2D eigenvalue weighted by Gasteiger charge is 2.40. The van der Waals surface area contributed by atoms with Gasteiger partial charge in [0, 0.05) is 24.2 Å². The Morgan fingerprint density at radius 1 is 0.680 bits per heavy atom. The van der Waals surface area contributed by atoms with Gasteiger partial charge in [-0.15, -0.1) is 0 Å². The van der Waals surface area contributed by atoms with Gasteiger partial charge in [-0.05, 0) is 95.3 Å². The average Bonchev–Trinajstić information content (AvgIpc) is 2.62. The number of hydrogen-bond donors (Lipinski definition) is 2. The summed E-state index contributed by atoms with van der Waals surface area (Å²) < 4.78 is 0. The molecule has 2 aliphatic rings. The number of rotatable bonds is 8. The molecular formula is C23H46N2. The predicted octanol–water partition coefficient (Wildman–Crippen LogP) is 5.91. The van der Waals surface area contributed by atoms with Crippen LogP contribution in [0.25, 0.3) is 0 Å². The number of hydrogen-bond acceptors (Lipinski definition) is 2. The van der Waals surface area contributed by atoms with Crippen molar-refractivity contribution in [2.75, 3.05) is 0 Å². The summed E-state index contributed by atoms with van der Waals surface area (Å²) in [6, 6.07) is 2.92. The van der Waals surface area contributed by atoms with Gasteiger partial charge in [0.05, 0.1) is 0 Å². The van der Waals surface area contributed by atoms with Gasteiger partial charge in [-0.3, -0.25) is 0 Å². The van der Waals surface area contributed by atoms with E-state index in [1.807, 2.05) is 0 Å². The van der Waals surface area contributed by atoms with Crippen molar-refractivity contribution in [3.8, 4) is 0 Å². The molecule has 2 aliphatic carbocycles. The van der Waals surface area contributed by atoms with E-state index in [0.717, 1.165) is 23.9 Å². The Labute approximate surface area is 158 Å². The van der Waals surface area contributed by atoms with E-state index >= 15 is 0 Å². The van der Waals surface area contributed by atoms with Crippen molar-refractivity contribution in [1.29, 1.82) is 0 Å². The minimum Gasteiger partial charge on any atom is -0.312 e. The van der Waals surface area contributed by atoms with E-state index in [1.165, 1.54) is 64.2 Å². The summed E-state index contributed by atoms with van der Waals surface area (Å²) in [5, 5.41) is 7.68. The van der Waals surface area contributed by atoms with E-state index in [0.29, 0.717) is 17.5 Å². The van der Waals surface area contributed by atoms with Gasteiger partial charge in [-0.2, -0.15) is 0 Å². The fourth-order valence-electron chi connectivity index (χ4n) is 5.38. The van der Waals surface area contributed by atoms with Crippen molar-refractivity contribution in [1.82, 2.24) is 10.6 Å². The predicted molar refractivity (Wildman–Crippen MR) is 111 cm³/mol. The lowest BCUT2D eigenvalue weighted by Crippen LogP contribution is -2.44. The van der Waals surface area contributed by atoms with Crippen LogP contribution in [-0.2, 0) is 0 Å². The molecule has 0 aromatic heterocycles. The molecule has 0 bridgehead atoms. The lowest BCUT2D eigenvalue weighted by Gasteiger charge is -2.47. The van der Waals surface area contributed by atoms with E-state index in [2.05, 4.69) is 52.2 Å². The standard InChI is InChI=1S/C23H46N2/c1-7-17(3)24-21-13-9-19(10-14-21)23(5,6)20-11-15-22(16-12-20)25-18(4)8-2/h17-22,24-25H,7-16H2,1-6H3. The molecule has 0 aromatic carbocycles. The van der Waals surface area contributed by atoms with Gasteiger partial charge in [0.25, 0.3) is 0 Å². The third-order valence-electron chi connectivity index (χ3n) is 7.82. The highest BCUT2D eigenvalue weighted by atomic mass is 14.9. The Bertz CT molecular complexity index is 328. The summed E-state index contributed by atoms with van der Waals surface area (Å²) in [5.74, 6) is 1.87. The van der Waals surface area contributed by atoms with Crippen molar-refractivity contribution in [3.05, 3.63) is 0 Å². The summed E-state index contributed by atoms with van der Waals surface area (Å²) in [5.41, 5.74) is 0.530. The Hall–Kier alpha value is -0.0800. The van der Waals surface area contributed by atoms with Crippen LogP contribution in [0, 0.1) is 17.3 Å². The fraction of sp³-hybridized carbons (Fsp3) is 1.00. The molecule has 2 heteroatoms. The van der Waals surface area contributed by atoms with Gasteiger partial charge in [0.15, 0.2) is 0 Å². The average molecular weight is 351 g/mol. The third kappa shape index (κ3) is 5.96. The second-order valence-electron chi connectivity index (χ2n) is 9.87. The zero-order chi connectivity index (χ0) is 18.4. The Kier molecular flexibility index (Phi) is 8.27. The molecule has 0 amide bonds. The second kappa shape index (κ2) is 9.74. The van der Waals surface area contributed by atoms with Crippen molar-refractivity contribution in [2.24, 2.45) is 17.3 Å². The molecule has 2 rings (SSSR count). The van der Waals surface area contributed by atoms with Crippen LogP contribution >= 0.6 is 0 Å². The zero-order valence-corrected chi connectivity index (χ0v) is 18.0. The first kappa shape index (κ1) is 21.2. The van der Waals surface area contributed by atoms with Gasteiger partial charge in [0.1, 0.15) is 0 Å². The van der Waals surface area contributed by atoms with Crippen molar-refractivity contribution >= 4 is 0 Å². The van der Waals surface area contributed by atoms with Crippen LogP contribution in [-0.4, -0.2) is 24.2 Å². The summed E-state index contributed by atoms with van der Waals surface area (Å²) in [7, 11) is 0. The van der Waals surface area contributed by atoms with E-state index in [1.54, 1.807) is 0 Å². The van der Waals surface area contributed by atoms with Crippen molar-refractivity contribution in [3.63, 3.8) is 0 Å². The lowest BCUT2D eigenvalue weighted by molar-refractivity contribution is 0.0453. The molecule has 0 aromatic rings. The van der Waals surface area contributed by atoms with E-state index in [-0.39, 0.29) is 0 Å². The van der Waals surface area contributed by atoms with Crippen molar-refractivity contribution < 1.29 is 0 Å². The van der Waals surface area contributed by atoms with E-state index in [4.69, 9.17) is 0 Å². The quantitative estimate of drug-likeness (QED) is 0.569. The highest BCUT2D eigenvalue weighted by Crippen LogP contribution is 2.48.